The molecule has 2 heterocycles. The number of ether oxygens (including phenoxy) is 1. The molecule has 1 fully saturated rings. The molecule has 1 aliphatic rings. The third-order valence-corrected chi connectivity index (χ3v) is 4.61. The van der Waals surface area contributed by atoms with Crippen LogP contribution < -0.4 is 15.6 Å². The smallest absolute Gasteiger partial charge is 0.258 e. The van der Waals surface area contributed by atoms with Gasteiger partial charge in [0.05, 0.1) is 12.8 Å². The van der Waals surface area contributed by atoms with E-state index < -0.39 is 0 Å². The second-order valence-electron chi connectivity index (χ2n) is 6.70. The number of rotatable bonds is 6. The molecule has 0 spiro atoms. The number of pyridine rings is 1. The van der Waals surface area contributed by atoms with E-state index in [1.54, 1.807) is 17.8 Å². The van der Waals surface area contributed by atoms with Crippen molar-refractivity contribution < 1.29 is 4.74 Å². The summed E-state index contributed by atoms with van der Waals surface area (Å²) in [4.78, 5) is 21.5. The van der Waals surface area contributed by atoms with Crippen LogP contribution in [0.25, 0.3) is 22.0 Å². The number of fused-ring (bicyclic) bond motifs is 1. The number of anilines is 1. The number of hydrogen-bond donors (Lipinski definition) is 1. The van der Waals surface area contributed by atoms with Gasteiger partial charge in [-0.15, -0.1) is 0 Å². The van der Waals surface area contributed by atoms with Crippen LogP contribution in [0.2, 0.25) is 0 Å². The number of nitrogens with zero attached hydrogens (tertiary/aromatic N) is 3. The Morgan fingerprint density at radius 3 is 2.77 bits per heavy atom. The largest absolute Gasteiger partial charge is 0.489 e. The molecule has 3 aromatic rings. The Balaban J connectivity index is 1.89. The van der Waals surface area contributed by atoms with Gasteiger partial charge in [-0.05, 0) is 37.1 Å². The highest BCUT2D eigenvalue weighted by Gasteiger charge is 2.23. The maximum absolute atomic E-state index is 12.5. The molecular weight excluding hydrogens is 328 g/mol. The normalized spacial score (nSPS) is 13.8. The summed E-state index contributed by atoms with van der Waals surface area (Å²) in [7, 11) is 1.76. The molecule has 26 heavy (non-hydrogen) atoms. The van der Waals surface area contributed by atoms with Gasteiger partial charge in [0.15, 0.2) is 5.75 Å². The summed E-state index contributed by atoms with van der Waals surface area (Å²) in [5.74, 6) is 1.84. The van der Waals surface area contributed by atoms with Crippen LogP contribution in [0, 0.1) is 5.92 Å². The summed E-state index contributed by atoms with van der Waals surface area (Å²) >= 11 is 0. The van der Waals surface area contributed by atoms with Gasteiger partial charge in [0, 0.05) is 30.7 Å². The minimum absolute atomic E-state index is 0.0224. The number of benzene rings is 1. The Kier molecular flexibility index (Phi) is 4.32. The minimum Gasteiger partial charge on any atom is -0.489 e. The van der Waals surface area contributed by atoms with Crippen LogP contribution in [-0.2, 0) is 7.05 Å². The first-order chi connectivity index (χ1) is 12.7. The average molecular weight is 350 g/mol. The first kappa shape index (κ1) is 16.6. The predicted octanol–water partition coefficient (Wildman–Crippen LogP) is 3.22. The van der Waals surface area contributed by atoms with Crippen molar-refractivity contribution in [2.24, 2.45) is 13.0 Å². The predicted molar refractivity (Wildman–Crippen MR) is 103 cm³/mol. The molecule has 0 radical (unpaired) electrons. The topological polar surface area (TPSA) is 69.0 Å². The highest BCUT2D eigenvalue weighted by Crippen LogP contribution is 2.35. The third kappa shape index (κ3) is 3.14. The van der Waals surface area contributed by atoms with Crippen molar-refractivity contribution in [3.8, 4) is 17.0 Å². The Labute approximate surface area is 151 Å². The van der Waals surface area contributed by atoms with Gasteiger partial charge < -0.3 is 14.6 Å². The van der Waals surface area contributed by atoms with Crippen molar-refractivity contribution >= 4 is 16.7 Å². The quantitative estimate of drug-likeness (QED) is 0.739. The fourth-order valence-corrected chi connectivity index (χ4v) is 3.01. The molecule has 0 aliphatic heterocycles. The molecule has 0 amide bonds. The molecule has 6 nitrogen and oxygen atoms in total. The fraction of sp³-hybridized carbons (Fsp3) is 0.350. The Bertz CT molecular complexity index is 1010. The first-order valence-electron chi connectivity index (χ1n) is 9.00. The van der Waals surface area contributed by atoms with Crippen LogP contribution in [0.3, 0.4) is 0 Å². The lowest BCUT2D eigenvalue weighted by atomic mass is 10.0. The van der Waals surface area contributed by atoms with Crippen LogP contribution >= 0.6 is 0 Å². The van der Waals surface area contributed by atoms with Crippen molar-refractivity contribution in [2.75, 3.05) is 18.5 Å². The maximum atomic E-state index is 12.5. The Morgan fingerprint density at radius 2 is 2.04 bits per heavy atom. The zero-order valence-electron chi connectivity index (χ0n) is 15.0. The molecular formula is C20H22N4O2. The van der Waals surface area contributed by atoms with Crippen LogP contribution in [0.1, 0.15) is 19.8 Å². The summed E-state index contributed by atoms with van der Waals surface area (Å²) < 4.78 is 7.62. The standard InChI is InChI=1S/C20H22N4O2/c1-3-21-20-22-10-17(26-12-13-8-9-13)18(23-20)16-11-24(2)19(25)15-7-5-4-6-14(15)16/h4-7,10-11,13H,3,8-9,12H2,1-2H3,(H,21,22,23). The van der Waals surface area contributed by atoms with Crippen molar-refractivity contribution in [1.29, 1.82) is 0 Å². The average Bonchev–Trinajstić information content (AvgIpc) is 3.48. The highest BCUT2D eigenvalue weighted by molar-refractivity contribution is 5.96. The molecule has 134 valence electrons. The third-order valence-electron chi connectivity index (χ3n) is 4.61. The van der Waals surface area contributed by atoms with E-state index in [2.05, 4.69) is 15.3 Å². The molecule has 1 N–H and O–H groups in total. The number of aromatic nitrogens is 3. The zero-order valence-corrected chi connectivity index (χ0v) is 15.0. The Hall–Kier alpha value is -2.89. The van der Waals surface area contributed by atoms with E-state index in [1.807, 2.05) is 37.4 Å². The summed E-state index contributed by atoms with van der Waals surface area (Å²) in [6, 6.07) is 7.61. The first-order valence-corrected chi connectivity index (χ1v) is 9.00. The molecule has 2 aromatic heterocycles. The van der Waals surface area contributed by atoms with Crippen LogP contribution in [0.4, 0.5) is 5.95 Å². The van der Waals surface area contributed by atoms with E-state index >= 15 is 0 Å². The van der Waals surface area contributed by atoms with Gasteiger partial charge in [0.2, 0.25) is 5.95 Å². The van der Waals surface area contributed by atoms with Crippen molar-refractivity contribution in [1.82, 2.24) is 14.5 Å². The van der Waals surface area contributed by atoms with Gasteiger partial charge in [0.25, 0.3) is 5.56 Å². The molecule has 6 heteroatoms. The molecule has 4 rings (SSSR count). The minimum atomic E-state index is -0.0224. The molecule has 0 atom stereocenters. The second kappa shape index (κ2) is 6.78. The van der Waals surface area contributed by atoms with Crippen LogP contribution in [0.5, 0.6) is 5.75 Å². The van der Waals surface area contributed by atoms with E-state index in [0.29, 0.717) is 35.3 Å². The summed E-state index contributed by atoms with van der Waals surface area (Å²) in [5, 5.41) is 4.69. The van der Waals surface area contributed by atoms with E-state index in [1.165, 1.54) is 12.8 Å². The fourth-order valence-electron chi connectivity index (χ4n) is 3.01. The highest BCUT2D eigenvalue weighted by atomic mass is 16.5. The second-order valence-corrected chi connectivity index (χ2v) is 6.70. The van der Waals surface area contributed by atoms with Crippen molar-refractivity contribution in [3.05, 3.63) is 47.0 Å². The number of aryl methyl sites for hydroxylation is 1. The molecule has 0 bridgehead atoms. The van der Waals surface area contributed by atoms with E-state index in [9.17, 15) is 4.79 Å². The van der Waals surface area contributed by atoms with Crippen molar-refractivity contribution in [3.63, 3.8) is 0 Å². The lowest BCUT2D eigenvalue weighted by Crippen LogP contribution is -2.17. The van der Waals surface area contributed by atoms with Gasteiger partial charge in [-0.3, -0.25) is 4.79 Å². The Morgan fingerprint density at radius 1 is 1.27 bits per heavy atom. The number of nitrogens with one attached hydrogen (secondary N) is 1. The van der Waals surface area contributed by atoms with E-state index in [4.69, 9.17) is 4.74 Å². The SMILES string of the molecule is CCNc1ncc(OCC2CC2)c(-c2cn(C)c(=O)c3ccccc23)n1. The molecule has 1 aliphatic carbocycles. The molecule has 0 saturated heterocycles. The maximum Gasteiger partial charge on any atom is 0.258 e. The summed E-state index contributed by atoms with van der Waals surface area (Å²) in [6.07, 6.45) is 5.98. The van der Waals surface area contributed by atoms with Gasteiger partial charge >= 0.3 is 0 Å². The number of hydrogen-bond acceptors (Lipinski definition) is 5. The van der Waals surface area contributed by atoms with Crippen LogP contribution in [-0.4, -0.2) is 27.7 Å². The van der Waals surface area contributed by atoms with Gasteiger partial charge in [-0.1, -0.05) is 18.2 Å². The monoisotopic (exact) mass is 350 g/mol. The molecule has 1 aromatic carbocycles. The van der Waals surface area contributed by atoms with Gasteiger partial charge in [0.1, 0.15) is 5.69 Å². The molecule has 0 unspecified atom stereocenters. The lowest BCUT2D eigenvalue weighted by Gasteiger charge is -2.14. The van der Waals surface area contributed by atoms with E-state index in [-0.39, 0.29) is 5.56 Å². The lowest BCUT2D eigenvalue weighted by molar-refractivity contribution is 0.299. The summed E-state index contributed by atoms with van der Waals surface area (Å²) in [5.41, 5.74) is 1.56. The summed E-state index contributed by atoms with van der Waals surface area (Å²) in [6.45, 7) is 3.42. The van der Waals surface area contributed by atoms with Crippen molar-refractivity contribution in [2.45, 2.75) is 19.8 Å². The van der Waals surface area contributed by atoms with Gasteiger partial charge in [-0.2, -0.15) is 0 Å². The van der Waals surface area contributed by atoms with E-state index in [0.717, 1.165) is 17.5 Å². The van der Waals surface area contributed by atoms with Gasteiger partial charge in [-0.25, -0.2) is 9.97 Å². The zero-order chi connectivity index (χ0) is 18.1. The molecule has 1 saturated carbocycles. The van der Waals surface area contributed by atoms with Crippen LogP contribution in [0.15, 0.2) is 41.5 Å².